The van der Waals surface area contributed by atoms with E-state index in [9.17, 15) is 9.18 Å². The summed E-state index contributed by atoms with van der Waals surface area (Å²) in [5.74, 6) is -0.685. The van der Waals surface area contributed by atoms with Gasteiger partial charge >= 0.3 is 0 Å². The third-order valence-electron chi connectivity index (χ3n) is 5.30. The maximum absolute atomic E-state index is 14.0. The molecule has 0 aliphatic carbocycles. The third-order valence-corrected chi connectivity index (χ3v) is 5.30. The molecule has 0 bridgehead atoms. The fourth-order valence-corrected chi connectivity index (χ4v) is 3.87. The second-order valence-electron chi connectivity index (χ2n) is 7.03. The van der Waals surface area contributed by atoms with Crippen molar-refractivity contribution in [2.45, 2.75) is 6.04 Å². The lowest BCUT2D eigenvalue weighted by Gasteiger charge is -2.39. The number of hydrogen-bond acceptors (Lipinski definition) is 2. The molecule has 0 spiro atoms. The summed E-state index contributed by atoms with van der Waals surface area (Å²) in [5, 5.41) is 0. The summed E-state index contributed by atoms with van der Waals surface area (Å²) in [6.45, 7) is 2.66. The van der Waals surface area contributed by atoms with Crippen molar-refractivity contribution in [3.05, 3.63) is 107 Å². The summed E-state index contributed by atoms with van der Waals surface area (Å²) in [7, 11) is 0. The summed E-state index contributed by atoms with van der Waals surface area (Å²) < 4.78 is 14.0. The predicted octanol–water partition coefficient (Wildman–Crippen LogP) is 4.79. The lowest BCUT2D eigenvalue weighted by atomic mass is 9.96. The molecule has 3 aromatic rings. The topological polar surface area (TPSA) is 23.6 Å². The number of piperazine rings is 1. The average molecular weight is 411 g/mol. The Morgan fingerprint density at radius 2 is 1.21 bits per heavy atom. The summed E-state index contributed by atoms with van der Waals surface area (Å²) in [5.41, 5.74) is 2.63. The van der Waals surface area contributed by atoms with Crippen LogP contribution in [0.15, 0.2) is 84.9 Å². The van der Waals surface area contributed by atoms with Gasteiger partial charge in [-0.3, -0.25) is 9.69 Å². The molecular formula is C24H24ClFN2O. The van der Waals surface area contributed by atoms with E-state index in [2.05, 4.69) is 53.4 Å². The Hall–Kier alpha value is -2.69. The minimum Gasteiger partial charge on any atom is -0.336 e. The summed E-state index contributed by atoms with van der Waals surface area (Å²) in [6.07, 6.45) is 0. The number of carbonyl (C=O) groups excluding carboxylic acids is 1. The molecule has 0 N–H and O–H groups in total. The van der Waals surface area contributed by atoms with Crippen LogP contribution >= 0.6 is 12.4 Å². The Morgan fingerprint density at radius 3 is 1.72 bits per heavy atom. The molecule has 29 heavy (non-hydrogen) atoms. The summed E-state index contributed by atoms with van der Waals surface area (Å²) in [6, 6.07) is 27.2. The van der Waals surface area contributed by atoms with Gasteiger partial charge in [0.1, 0.15) is 5.82 Å². The van der Waals surface area contributed by atoms with Gasteiger partial charge in [0.15, 0.2) is 0 Å². The van der Waals surface area contributed by atoms with Crippen LogP contribution in [0, 0.1) is 5.82 Å². The van der Waals surface area contributed by atoms with Crippen LogP contribution in [0.25, 0.3) is 0 Å². The van der Waals surface area contributed by atoms with Crippen LogP contribution in [-0.2, 0) is 0 Å². The zero-order valence-electron chi connectivity index (χ0n) is 16.1. The zero-order chi connectivity index (χ0) is 19.3. The molecule has 1 heterocycles. The molecule has 1 aliphatic rings. The molecule has 4 rings (SSSR count). The monoisotopic (exact) mass is 410 g/mol. The molecule has 0 aromatic heterocycles. The SMILES string of the molecule is Cl.O=C(c1ccccc1F)N1CCN(C(c2ccccc2)c2ccccc2)CC1. The smallest absolute Gasteiger partial charge is 0.256 e. The Labute approximate surface area is 177 Å². The Balaban J connectivity index is 0.00000240. The predicted molar refractivity (Wildman–Crippen MR) is 116 cm³/mol. The Kier molecular flexibility index (Phi) is 7.02. The lowest BCUT2D eigenvalue weighted by molar-refractivity contribution is 0.0593. The first-order valence-electron chi connectivity index (χ1n) is 9.62. The van der Waals surface area contributed by atoms with Gasteiger partial charge in [-0.15, -0.1) is 12.4 Å². The van der Waals surface area contributed by atoms with Crippen LogP contribution in [0.2, 0.25) is 0 Å². The first kappa shape index (κ1) is 21.0. The van der Waals surface area contributed by atoms with Gasteiger partial charge in [-0.05, 0) is 23.3 Å². The van der Waals surface area contributed by atoms with Crippen molar-refractivity contribution in [1.29, 1.82) is 0 Å². The van der Waals surface area contributed by atoms with Gasteiger partial charge in [0.2, 0.25) is 0 Å². The molecule has 3 aromatic carbocycles. The molecule has 1 aliphatic heterocycles. The first-order chi connectivity index (χ1) is 13.7. The molecule has 0 radical (unpaired) electrons. The average Bonchev–Trinajstić information content (AvgIpc) is 2.76. The fraction of sp³-hybridized carbons (Fsp3) is 0.208. The number of halogens is 2. The quantitative estimate of drug-likeness (QED) is 0.617. The highest BCUT2D eigenvalue weighted by Gasteiger charge is 2.29. The van der Waals surface area contributed by atoms with Gasteiger partial charge in [-0.1, -0.05) is 72.8 Å². The Morgan fingerprint density at radius 1 is 0.724 bits per heavy atom. The molecule has 3 nitrogen and oxygen atoms in total. The molecule has 150 valence electrons. The van der Waals surface area contributed by atoms with E-state index < -0.39 is 5.82 Å². The van der Waals surface area contributed by atoms with Crippen molar-refractivity contribution >= 4 is 18.3 Å². The number of carbonyl (C=O) groups is 1. The first-order valence-corrected chi connectivity index (χ1v) is 9.62. The van der Waals surface area contributed by atoms with Gasteiger partial charge < -0.3 is 4.90 Å². The molecule has 0 unspecified atom stereocenters. The van der Waals surface area contributed by atoms with Gasteiger partial charge in [0.05, 0.1) is 11.6 Å². The number of rotatable bonds is 4. The van der Waals surface area contributed by atoms with E-state index in [4.69, 9.17) is 0 Å². The molecule has 1 fully saturated rings. The van der Waals surface area contributed by atoms with Crippen LogP contribution in [0.4, 0.5) is 4.39 Å². The summed E-state index contributed by atoms with van der Waals surface area (Å²) in [4.78, 5) is 16.9. The zero-order valence-corrected chi connectivity index (χ0v) is 16.9. The number of hydrogen-bond donors (Lipinski definition) is 0. The number of amides is 1. The third kappa shape index (κ3) is 4.66. The van der Waals surface area contributed by atoms with Crippen LogP contribution in [0.3, 0.4) is 0 Å². The second kappa shape index (κ2) is 9.68. The normalized spacial score (nSPS) is 14.5. The van der Waals surface area contributed by atoms with Gasteiger partial charge in [0.25, 0.3) is 5.91 Å². The maximum Gasteiger partial charge on any atom is 0.256 e. The van der Waals surface area contributed by atoms with E-state index in [0.717, 1.165) is 13.1 Å². The highest BCUT2D eigenvalue weighted by Crippen LogP contribution is 2.29. The number of benzene rings is 3. The van der Waals surface area contributed by atoms with Crippen molar-refractivity contribution < 1.29 is 9.18 Å². The van der Waals surface area contributed by atoms with E-state index in [1.807, 2.05) is 12.1 Å². The highest BCUT2D eigenvalue weighted by molar-refractivity contribution is 5.94. The minimum absolute atomic E-state index is 0. The van der Waals surface area contributed by atoms with E-state index in [1.54, 1.807) is 23.1 Å². The highest BCUT2D eigenvalue weighted by atomic mass is 35.5. The molecule has 0 saturated carbocycles. The summed E-state index contributed by atoms with van der Waals surface area (Å²) >= 11 is 0. The van der Waals surface area contributed by atoms with E-state index in [1.165, 1.54) is 17.2 Å². The van der Waals surface area contributed by atoms with E-state index in [0.29, 0.717) is 13.1 Å². The van der Waals surface area contributed by atoms with Crippen LogP contribution in [0.5, 0.6) is 0 Å². The van der Waals surface area contributed by atoms with Crippen LogP contribution in [0.1, 0.15) is 27.5 Å². The van der Waals surface area contributed by atoms with Crippen molar-refractivity contribution in [1.82, 2.24) is 9.80 Å². The molecule has 5 heteroatoms. The molecule has 1 saturated heterocycles. The van der Waals surface area contributed by atoms with Gasteiger partial charge in [-0.25, -0.2) is 4.39 Å². The van der Waals surface area contributed by atoms with E-state index in [-0.39, 0.29) is 29.9 Å². The van der Waals surface area contributed by atoms with Crippen molar-refractivity contribution in [2.75, 3.05) is 26.2 Å². The van der Waals surface area contributed by atoms with Crippen molar-refractivity contribution in [3.8, 4) is 0 Å². The maximum atomic E-state index is 14.0. The number of nitrogens with zero attached hydrogens (tertiary/aromatic N) is 2. The standard InChI is InChI=1S/C24H23FN2O.ClH/c25-22-14-8-7-13-21(22)24(28)27-17-15-26(16-18-27)23(19-9-3-1-4-10-19)20-11-5-2-6-12-20;/h1-14,23H,15-18H2;1H. The fourth-order valence-electron chi connectivity index (χ4n) is 3.87. The molecular weight excluding hydrogens is 387 g/mol. The van der Waals surface area contributed by atoms with Gasteiger partial charge in [0, 0.05) is 26.2 Å². The molecule has 0 atom stereocenters. The Bertz CT molecular complexity index is 888. The van der Waals surface area contributed by atoms with E-state index >= 15 is 0 Å². The van der Waals surface area contributed by atoms with Crippen molar-refractivity contribution in [2.24, 2.45) is 0 Å². The van der Waals surface area contributed by atoms with Crippen LogP contribution in [-0.4, -0.2) is 41.9 Å². The van der Waals surface area contributed by atoms with Crippen molar-refractivity contribution in [3.63, 3.8) is 0 Å². The van der Waals surface area contributed by atoms with Gasteiger partial charge in [-0.2, -0.15) is 0 Å². The second-order valence-corrected chi connectivity index (χ2v) is 7.03. The minimum atomic E-state index is -0.457. The lowest BCUT2D eigenvalue weighted by Crippen LogP contribution is -2.50. The largest absolute Gasteiger partial charge is 0.336 e. The van der Waals surface area contributed by atoms with Crippen LogP contribution < -0.4 is 0 Å². The molecule has 1 amide bonds.